The number of hydrogen-bond donors (Lipinski definition) is 0. The Bertz CT molecular complexity index is 645. The lowest BCUT2D eigenvalue weighted by molar-refractivity contribution is 1.27. The normalized spacial score (nSPS) is 12.8. The lowest BCUT2D eigenvalue weighted by Gasteiger charge is -2.14. The highest BCUT2D eigenvalue weighted by molar-refractivity contribution is 5.83. The predicted molar refractivity (Wildman–Crippen MR) is 78.5 cm³/mol. The number of allylic oxidation sites excluding steroid dienone is 1. The molecule has 18 heavy (non-hydrogen) atoms. The van der Waals surface area contributed by atoms with Gasteiger partial charge in [-0.15, -0.1) is 0 Å². The number of benzene rings is 2. The minimum absolute atomic E-state index is 1.32. The highest BCUT2D eigenvalue weighted by Crippen LogP contribution is 2.35. The molecule has 0 aromatic heterocycles. The highest BCUT2D eigenvalue weighted by atomic mass is 14.2. The van der Waals surface area contributed by atoms with E-state index in [2.05, 4.69) is 69.7 Å². The van der Waals surface area contributed by atoms with Gasteiger partial charge in [-0.2, -0.15) is 0 Å². The van der Waals surface area contributed by atoms with Gasteiger partial charge >= 0.3 is 0 Å². The van der Waals surface area contributed by atoms with Crippen LogP contribution in [0.1, 0.15) is 27.8 Å². The summed E-state index contributed by atoms with van der Waals surface area (Å²) in [6, 6.07) is 11.0. The second-order valence-corrected chi connectivity index (χ2v) is 5.01. The molecule has 0 fully saturated rings. The molecule has 0 unspecified atom stereocenters. The fourth-order valence-corrected chi connectivity index (χ4v) is 2.65. The second kappa shape index (κ2) is 4.13. The van der Waals surface area contributed by atoms with E-state index in [0.717, 1.165) is 0 Å². The Balaban J connectivity index is 2.26. The molecule has 1 aliphatic carbocycles. The third-order valence-corrected chi connectivity index (χ3v) is 4.03. The first kappa shape index (κ1) is 11.3. The van der Waals surface area contributed by atoms with Crippen molar-refractivity contribution in [1.82, 2.24) is 0 Å². The average Bonchev–Trinajstić information content (AvgIpc) is 2.84. The number of rotatable bonds is 1. The van der Waals surface area contributed by atoms with Crippen LogP contribution in [0.4, 0.5) is 0 Å². The maximum atomic E-state index is 2.25. The van der Waals surface area contributed by atoms with Crippen molar-refractivity contribution in [3.05, 3.63) is 70.6 Å². The molecule has 89 valence electrons. The van der Waals surface area contributed by atoms with Gasteiger partial charge in [-0.1, -0.05) is 42.5 Å². The topological polar surface area (TPSA) is 0 Å². The van der Waals surface area contributed by atoms with Crippen molar-refractivity contribution in [2.75, 3.05) is 0 Å². The van der Waals surface area contributed by atoms with E-state index in [0.29, 0.717) is 0 Å². The third-order valence-electron chi connectivity index (χ3n) is 4.03. The molecule has 0 saturated carbocycles. The molecule has 0 heteroatoms. The van der Waals surface area contributed by atoms with E-state index in [1.165, 1.54) is 38.9 Å². The number of hydrogen-bond acceptors (Lipinski definition) is 0. The van der Waals surface area contributed by atoms with E-state index in [1.807, 2.05) is 0 Å². The third kappa shape index (κ3) is 1.60. The van der Waals surface area contributed by atoms with Crippen LogP contribution in [-0.2, 0) is 0 Å². The zero-order valence-corrected chi connectivity index (χ0v) is 11.1. The van der Waals surface area contributed by atoms with Gasteiger partial charge in [0, 0.05) is 6.42 Å². The van der Waals surface area contributed by atoms with Gasteiger partial charge in [-0.25, -0.2) is 0 Å². The van der Waals surface area contributed by atoms with Gasteiger partial charge in [0.2, 0.25) is 0 Å². The molecule has 0 saturated heterocycles. The van der Waals surface area contributed by atoms with Crippen molar-refractivity contribution in [2.24, 2.45) is 0 Å². The van der Waals surface area contributed by atoms with E-state index < -0.39 is 0 Å². The summed E-state index contributed by atoms with van der Waals surface area (Å²) in [6.07, 6.45) is 6.51. The van der Waals surface area contributed by atoms with Crippen molar-refractivity contribution >= 4 is 6.08 Å². The van der Waals surface area contributed by atoms with Crippen molar-refractivity contribution in [3.63, 3.8) is 0 Å². The molecule has 2 aromatic carbocycles. The van der Waals surface area contributed by atoms with E-state index in [4.69, 9.17) is 0 Å². The summed E-state index contributed by atoms with van der Waals surface area (Å²) in [6.45, 7) is 6.61. The molecule has 0 atom stereocenters. The fraction of sp³-hybridized carbons (Fsp3) is 0.167. The van der Waals surface area contributed by atoms with Crippen LogP contribution in [0.5, 0.6) is 0 Å². The summed E-state index contributed by atoms with van der Waals surface area (Å²) < 4.78 is 0. The first-order chi connectivity index (χ1) is 8.68. The minimum Gasteiger partial charge on any atom is -0.0754 e. The van der Waals surface area contributed by atoms with Crippen LogP contribution in [-0.4, -0.2) is 0 Å². The van der Waals surface area contributed by atoms with E-state index in [1.54, 1.807) is 0 Å². The Kier molecular flexibility index (Phi) is 2.59. The molecule has 0 bridgehead atoms. The predicted octanol–water partition coefficient (Wildman–Crippen LogP) is 4.86. The van der Waals surface area contributed by atoms with E-state index >= 15 is 0 Å². The van der Waals surface area contributed by atoms with Crippen LogP contribution < -0.4 is 0 Å². The van der Waals surface area contributed by atoms with Gasteiger partial charge in [0.1, 0.15) is 0 Å². The van der Waals surface area contributed by atoms with Gasteiger partial charge in [-0.05, 0) is 59.7 Å². The molecule has 0 heterocycles. The summed E-state index contributed by atoms with van der Waals surface area (Å²) >= 11 is 0. The molecule has 2 aromatic rings. The summed E-state index contributed by atoms with van der Waals surface area (Å²) in [5.74, 6) is 0. The monoisotopic (exact) mass is 233 g/mol. The van der Waals surface area contributed by atoms with Crippen LogP contribution in [0, 0.1) is 27.2 Å². The second-order valence-electron chi connectivity index (χ2n) is 5.01. The van der Waals surface area contributed by atoms with Crippen LogP contribution in [0.3, 0.4) is 0 Å². The molecule has 0 N–H and O–H groups in total. The molecule has 3 rings (SSSR count). The first-order valence-corrected chi connectivity index (χ1v) is 6.40. The standard InChI is InChI=1S/C18H17/c1-12-10-11-16(14(3)13(12)2)18-9-5-7-15-6-4-8-17(15)18/h4-11H,1-3H3. The smallest absolute Gasteiger partial charge is 0.0131 e. The molecular formula is C18H17. The first-order valence-electron chi connectivity index (χ1n) is 6.40. The Morgan fingerprint density at radius 1 is 0.778 bits per heavy atom. The van der Waals surface area contributed by atoms with Crippen LogP contribution >= 0.6 is 0 Å². The zero-order chi connectivity index (χ0) is 12.7. The zero-order valence-electron chi connectivity index (χ0n) is 11.1. The molecule has 0 amide bonds. The van der Waals surface area contributed by atoms with Crippen molar-refractivity contribution in [3.8, 4) is 11.1 Å². The Labute approximate surface area is 109 Å². The number of fused-ring (bicyclic) bond motifs is 1. The van der Waals surface area contributed by atoms with Crippen molar-refractivity contribution < 1.29 is 0 Å². The molecular weight excluding hydrogens is 216 g/mol. The maximum absolute atomic E-state index is 2.25. The molecule has 0 spiro atoms. The van der Waals surface area contributed by atoms with Gasteiger partial charge in [-0.3, -0.25) is 0 Å². The molecule has 1 aliphatic rings. The Hall–Kier alpha value is -1.82. The van der Waals surface area contributed by atoms with Gasteiger partial charge in [0.15, 0.2) is 0 Å². The highest BCUT2D eigenvalue weighted by Gasteiger charge is 2.13. The molecule has 1 radical (unpaired) electrons. The van der Waals surface area contributed by atoms with Gasteiger partial charge < -0.3 is 0 Å². The fourth-order valence-electron chi connectivity index (χ4n) is 2.65. The summed E-state index contributed by atoms with van der Waals surface area (Å²) in [4.78, 5) is 0. The summed E-state index contributed by atoms with van der Waals surface area (Å²) in [5, 5.41) is 0. The van der Waals surface area contributed by atoms with Crippen molar-refractivity contribution in [2.45, 2.75) is 20.8 Å². The van der Waals surface area contributed by atoms with Gasteiger partial charge in [0.05, 0.1) is 0 Å². The lowest BCUT2D eigenvalue weighted by atomic mass is 9.90. The molecule has 0 aliphatic heterocycles. The largest absolute Gasteiger partial charge is 0.0754 e. The van der Waals surface area contributed by atoms with E-state index in [-0.39, 0.29) is 0 Å². The Morgan fingerprint density at radius 3 is 2.44 bits per heavy atom. The van der Waals surface area contributed by atoms with Crippen LogP contribution in [0.2, 0.25) is 0 Å². The minimum atomic E-state index is 1.32. The quantitative estimate of drug-likeness (QED) is 0.660. The summed E-state index contributed by atoms with van der Waals surface area (Å²) in [7, 11) is 0. The van der Waals surface area contributed by atoms with E-state index in [9.17, 15) is 0 Å². The lowest BCUT2D eigenvalue weighted by Crippen LogP contribution is -1.93. The van der Waals surface area contributed by atoms with Crippen molar-refractivity contribution in [1.29, 1.82) is 0 Å². The Morgan fingerprint density at radius 2 is 1.61 bits per heavy atom. The van der Waals surface area contributed by atoms with Gasteiger partial charge in [0.25, 0.3) is 0 Å². The summed E-state index contributed by atoms with van der Waals surface area (Å²) in [5.41, 5.74) is 9.53. The number of aryl methyl sites for hydroxylation is 1. The average molecular weight is 233 g/mol. The SMILES string of the molecule is Cc1ccc(-c2cccc3c2C=C[CH]3)c(C)c1C. The van der Waals surface area contributed by atoms with Crippen LogP contribution in [0.15, 0.2) is 36.4 Å². The van der Waals surface area contributed by atoms with Crippen LogP contribution in [0.25, 0.3) is 17.2 Å². The molecule has 0 nitrogen and oxygen atoms in total. The maximum Gasteiger partial charge on any atom is 0.0131 e.